The van der Waals surface area contributed by atoms with E-state index in [4.69, 9.17) is 49.5 Å². The summed E-state index contributed by atoms with van der Waals surface area (Å²) in [5.74, 6) is -0.0428. The van der Waals surface area contributed by atoms with Gasteiger partial charge in [-0.25, -0.2) is 0 Å². The topological polar surface area (TPSA) is 108 Å². The Labute approximate surface area is 227 Å². The number of allylic oxidation sites excluding steroid dienone is 2. The summed E-state index contributed by atoms with van der Waals surface area (Å²) in [5, 5.41) is 0.576. The molecule has 3 rings (SSSR count). The highest BCUT2D eigenvalue weighted by Crippen LogP contribution is 2.19. The Morgan fingerprint density at radius 2 is 1.24 bits per heavy atom. The van der Waals surface area contributed by atoms with Crippen molar-refractivity contribution in [1.82, 2.24) is 0 Å². The van der Waals surface area contributed by atoms with Gasteiger partial charge in [0.05, 0.1) is 85.9 Å². The van der Waals surface area contributed by atoms with Crippen LogP contribution >= 0.6 is 11.6 Å². The van der Waals surface area contributed by atoms with Gasteiger partial charge in [0.2, 0.25) is 0 Å². The van der Waals surface area contributed by atoms with Crippen LogP contribution in [0.3, 0.4) is 0 Å². The zero-order valence-electron chi connectivity index (χ0n) is 21.4. The van der Waals surface area contributed by atoms with Gasteiger partial charge in [-0.15, -0.1) is 0 Å². The second-order valence-corrected chi connectivity index (χ2v) is 8.78. The molecule has 1 heterocycles. The van der Waals surface area contributed by atoms with E-state index in [1.807, 2.05) is 0 Å². The first-order valence-corrected chi connectivity index (χ1v) is 13.0. The van der Waals surface area contributed by atoms with E-state index in [2.05, 4.69) is 0 Å². The predicted molar refractivity (Wildman–Crippen MR) is 138 cm³/mol. The van der Waals surface area contributed by atoms with E-state index in [1.165, 1.54) is 12.2 Å². The number of carbonyl (C=O) groups is 2. The van der Waals surface area contributed by atoms with Gasteiger partial charge in [0.25, 0.3) is 0 Å². The van der Waals surface area contributed by atoms with Crippen molar-refractivity contribution in [3.8, 4) is 5.75 Å². The average Bonchev–Trinajstić information content (AvgIpc) is 2.91. The average molecular weight is 555 g/mol. The van der Waals surface area contributed by atoms with Crippen LogP contribution in [0.25, 0.3) is 0 Å². The maximum atomic E-state index is 12.9. The number of ether oxygens (including phenoxy) is 8. The molecule has 1 saturated heterocycles. The summed E-state index contributed by atoms with van der Waals surface area (Å²) >= 11 is 5.88. The highest BCUT2D eigenvalue weighted by Gasteiger charge is 2.23. The van der Waals surface area contributed by atoms with E-state index in [0.29, 0.717) is 76.8 Å². The van der Waals surface area contributed by atoms with Gasteiger partial charge in [-0.3, -0.25) is 9.59 Å². The lowest BCUT2D eigenvalue weighted by Gasteiger charge is -2.20. The third-order valence-corrected chi connectivity index (χ3v) is 5.61. The summed E-state index contributed by atoms with van der Waals surface area (Å²) in [7, 11) is 0. The molecule has 1 aliphatic carbocycles. The SMILES string of the molecule is O=C1C=C(COCC2COCCOCCOCCOCCOCCO2)C(=O)C(COc2ccc(Cl)cc2)=C1. The first kappa shape index (κ1) is 30.4. The smallest absolute Gasteiger partial charge is 0.191 e. The zero-order chi connectivity index (χ0) is 26.8. The predicted octanol–water partition coefficient (Wildman–Crippen LogP) is 2.22. The lowest BCUT2D eigenvalue weighted by atomic mass is 9.97. The monoisotopic (exact) mass is 554 g/mol. The molecule has 0 N–H and O–H groups in total. The standard InChI is InChI=1S/C27H35ClO10/c28-23-1-3-25(4-2-23)38-18-22-16-24(29)15-21(27(22)30)17-36-20-26-19-35-12-11-33-8-7-31-5-6-32-9-10-34-13-14-37-26/h1-4,15-16,26H,5-14,17-20H2. The minimum atomic E-state index is -0.393. The normalized spacial score (nSPS) is 21.7. The van der Waals surface area contributed by atoms with Crippen LogP contribution in [0.2, 0.25) is 5.02 Å². The van der Waals surface area contributed by atoms with Crippen LogP contribution in [0, 0.1) is 0 Å². The van der Waals surface area contributed by atoms with Gasteiger partial charge in [0.1, 0.15) is 18.5 Å². The van der Waals surface area contributed by atoms with Crippen molar-refractivity contribution >= 4 is 23.2 Å². The lowest BCUT2D eigenvalue weighted by Crippen LogP contribution is -2.29. The van der Waals surface area contributed by atoms with Crippen molar-refractivity contribution in [2.45, 2.75) is 6.10 Å². The minimum Gasteiger partial charge on any atom is -0.489 e. The Morgan fingerprint density at radius 3 is 1.84 bits per heavy atom. The molecule has 0 spiro atoms. The van der Waals surface area contributed by atoms with Crippen molar-refractivity contribution in [2.75, 3.05) is 92.5 Å². The number of ketones is 2. The Morgan fingerprint density at radius 1 is 0.711 bits per heavy atom. The van der Waals surface area contributed by atoms with Crippen molar-refractivity contribution in [3.63, 3.8) is 0 Å². The molecule has 1 fully saturated rings. The fourth-order valence-corrected chi connectivity index (χ4v) is 3.57. The van der Waals surface area contributed by atoms with Gasteiger partial charge in [0, 0.05) is 16.2 Å². The van der Waals surface area contributed by atoms with Gasteiger partial charge in [-0.05, 0) is 36.4 Å². The molecule has 1 unspecified atom stereocenters. The number of hydrogen-bond donors (Lipinski definition) is 0. The van der Waals surface area contributed by atoms with Crippen molar-refractivity contribution in [3.05, 3.63) is 52.6 Å². The Balaban J connectivity index is 1.43. The maximum absolute atomic E-state index is 12.9. The molecule has 38 heavy (non-hydrogen) atoms. The molecule has 11 heteroatoms. The summed E-state index contributed by atoms with van der Waals surface area (Å²) in [6.07, 6.45) is 2.17. The second kappa shape index (κ2) is 18.2. The van der Waals surface area contributed by atoms with Crippen LogP contribution in [0.1, 0.15) is 0 Å². The molecular weight excluding hydrogens is 520 g/mol. The van der Waals surface area contributed by atoms with Crippen LogP contribution in [0.4, 0.5) is 0 Å². The van der Waals surface area contributed by atoms with Crippen LogP contribution in [-0.2, 0) is 42.7 Å². The highest BCUT2D eigenvalue weighted by molar-refractivity contribution is 6.30. The fourth-order valence-electron chi connectivity index (χ4n) is 3.44. The van der Waals surface area contributed by atoms with Crippen LogP contribution in [0.5, 0.6) is 5.75 Å². The number of rotatable bonds is 7. The molecule has 0 aromatic heterocycles. The number of hydrogen-bond acceptors (Lipinski definition) is 10. The number of halogens is 1. The van der Waals surface area contributed by atoms with Crippen molar-refractivity contribution in [2.24, 2.45) is 0 Å². The molecule has 10 nitrogen and oxygen atoms in total. The van der Waals surface area contributed by atoms with Crippen LogP contribution < -0.4 is 4.74 Å². The summed E-state index contributed by atoms with van der Waals surface area (Å²) in [6, 6.07) is 6.75. The van der Waals surface area contributed by atoms with Crippen LogP contribution in [0.15, 0.2) is 47.6 Å². The van der Waals surface area contributed by atoms with Crippen molar-refractivity contribution < 1.29 is 47.5 Å². The van der Waals surface area contributed by atoms with E-state index < -0.39 is 6.10 Å². The zero-order valence-corrected chi connectivity index (χ0v) is 22.2. The van der Waals surface area contributed by atoms with Gasteiger partial charge in [-0.2, -0.15) is 0 Å². The number of Topliss-reactive ketones (excluding diaryl/α,β-unsaturated/α-hetero) is 1. The molecule has 210 valence electrons. The van der Waals surface area contributed by atoms with Gasteiger partial charge in [-0.1, -0.05) is 11.6 Å². The third-order valence-electron chi connectivity index (χ3n) is 5.36. The molecule has 0 bridgehead atoms. The molecule has 0 radical (unpaired) electrons. The first-order valence-electron chi connectivity index (χ1n) is 12.6. The number of carbonyl (C=O) groups excluding carboxylic acids is 2. The summed E-state index contributed by atoms with van der Waals surface area (Å²) in [6.45, 7) is 4.78. The molecule has 1 aliphatic heterocycles. The molecular formula is C27H35ClO10. The Hall–Kier alpha value is -2.15. The molecule has 1 atom stereocenters. The first-order chi connectivity index (χ1) is 18.6. The molecule has 0 saturated carbocycles. The molecule has 2 aliphatic rings. The highest BCUT2D eigenvalue weighted by atomic mass is 35.5. The van der Waals surface area contributed by atoms with Gasteiger partial charge >= 0.3 is 0 Å². The largest absolute Gasteiger partial charge is 0.489 e. The third kappa shape index (κ3) is 12.1. The van der Waals surface area contributed by atoms with E-state index in [1.54, 1.807) is 24.3 Å². The Kier molecular flexibility index (Phi) is 14.6. The minimum absolute atomic E-state index is 0.0393. The van der Waals surface area contributed by atoms with Crippen LogP contribution in [-0.4, -0.2) is 110 Å². The maximum Gasteiger partial charge on any atom is 0.191 e. The Bertz CT molecular complexity index is 897. The molecule has 1 aromatic rings. The number of benzene rings is 1. The van der Waals surface area contributed by atoms with E-state index >= 15 is 0 Å². The quantitative estimate of drug-likeness (QED) is 0.465. The molecule has 0 amide bonds. The van der Waals surface area contributed by atoms with E-state index in [0.717, 1.165) is 0 Å². The fraction of sp³-hybridized carbons (Fsp3) is 0.556. The van der Waals surface area contributed by atoms with Gasteiger partial charge < -0.3 is 37.9 Å². The molecule has 1 aromatic carbocycles. The summed E-state index contributed by atoms with van der Waals surface area (Å²) in [5.41, 5.74) is 0.514. The van der Waals surface area contributed by atoms with E-state index in [-0.39, 0.29) is 49.1 Å². The van der Waals surface area contributed by atoms with E-state index in [9.17, 15) is 9.59 Å². The lowest BCUT2D eigenvalue weighted by molar-refractivity contribution is -0.116. The van der Waals surface area contributed by atoms with Gasteiger partial charge in [0.15, 0.2) is 11.6 Å². The summed E-state index contributed by atoms with van der Waals surface area (Å²) in [4.78, 5) is 25.1. The van der Waals surface area contributed by atoms with Crippen molar-refractivity contribution in [1.29, 1.82) is 0 Å². The second-order valence-electron chi connectivity index (χ2n) is 8.35. The summed E-state index contributed by atoms with van der Waals surface area (Å²) < 4.78 is 44.8.